The highest BCUT2D eigenvalue weighted by molar-refractivity contribution is 9.11. The van der Waals surface area contributed by atoms with Crippen LogP contribution in [0.15, 0.2) is 34.1 Å². The van der Waals surface area contributed by atoms with E-state index in [0.29, 0.717) is 10.6 Å². The highest BCUT2D eigenvalue weighted by Gasteiger charge is 2.16. The summed E-state index contributed by atoms with van der Waals surface area (Å²) in [7, 11) is 1.83. The smallest absolute Gasteiger partial charge is 0.128 e. The summed E-state index contributed by atoms with van der Waals surface area (Å²) in [4.78, 5) is 1.20. The van der Waals surface area contributed by atoms with Crippen LogP contribution in [0, 0.1) is 5.82 Å². The third-order valence-corrected chi connectivity index (χ3v) is 4.60. The van der Waals surface area contributed by atoms with E-state index in [9.17, 15) is 4.39 Å². The fraction of sp³-hybridized carbons (Fsp3) is 0.231. The minimum atomic E-state index is -0.227. The van der Waals surface area contributed by atoms with Crippen molar-refractivity contribution in [1.82, 2.24) is 5.32 Å². The molecule has 0 aliphatic carbocycles. The van der Waals surface area contributed by atoms with Crippen LogP contribution in [0.2, 0.25) is 5.02 Å². The SMILES string of the molecule is CNC(Cc1ccc(Br)s1)c1cc(Cl)ccc1F. The largest absolute Gasteiger partial charge is 0.313 e. The molecule has 1 heterocycles. The van der Waals surface area contributed by atoms with Gasteiger partial charge in [0.2, 0.25) is 0 Å². The summed E-state index contributed by atoms with van der Waals surface area (Å²) in [5, 5.41) is 3.69. The van der Waals surface area contributed by atoms with E-state index in [1.54, 1.807) is 23.5 Å². The number of thiophene rings is 1. The number of hydrogen-bond acceptors (Lipinski definition) is 2. The van der Waals surface area contributed by atoms with Gasteiger partial charge in [-0.05, 0) is 53.3 Å². The predicted molar refractivity (Wildman–Crippen MR) is 78.9 cm³/mol. The first-order valence-electron chi connectivity index (χ1n) is 5.46. The molecule has 18 heavy (non-hydrogen) atoms. The van der Waals surface area contributed by atoms with Crippen LogP contribution >= 0.6 is 38.9 Å². The van der Waals surface area contributed by atoms with Crippen LogP contribution in [-0.4, -0.2) is 7.05 Å². The summed E-state index contributed by atoms with van der Waals surface area (Å²) in [5.74, 6) is -0.227. The van der Waals surface area contributed by atoms with E-state index >= 15 is 0 Å². The molecule has 0 fully saturated rings. The van der Waals surface area contributed by atoms with Gasteiger partial charge in [0.05, 0.1) is 3.79 Å². The first kappa shape index (κ1) is 14.0. The minimum Gasteiger partial charge on any atom is -0.313 e. The number of likely N-dealkylation sites (N-methyl/N-ethyl adjacent to an activating group) is 1. The maximum Gasteiger partial charge on any atom is 0.128 e. The van der Waals surface area contributed by atoms with E-state index in [-0.39, 0.29) is 11.9 Å². The quantitative estimate of drug-likeness (QED) is 0.836. The summed E-state index contributed by atoms with van der Waals surface area (Å²) in [6.07, 6.45) is 0.740. The van der Waals surface area contributed by atoms with E-state index in [1.807, 2.05) is 19.2 Å². The lowest BCUT2D eigenvalue weighted by Gasteiger charge is -2.16. The molecule has 1 nitrogen and oxygen atoms in total. The Morgan fingerprint density at radius 1 is 1.39 bits per heavy atom. The second-order valence-electron chi connectivity index (χ2n) is 3.92. The molecule has 0 aliphatic heterocycles. The second kappa shape index (κ2) is 6.15. The summed E-state index contributed by atoms with van der Waals surface area (Å²) >= 11 is 11.0. The highest BCUT2D eigenvalue weighted by atomic mass is 79.9. The Morgan fingerprint density at radius 2 is 2.17 bits per heavy atom. The minimum absolute atomic E-state index is 0.0748. The van der Waals surface area contributed by atoms with E-state index in [1.165, 1.54) is 10.9 Å². The van der Waals surface area contributed by atoms with Gasteiger partial charge in [0.15, 0.2) is 0 Å². The van der Waals surface area contributed by atoms with E-state index < -0.39 is 0 Å². The molecule has 2 rings (SSSR count). The van der Waals surface area contributed by atoms with Crippen molar-refractivity contribution in [3.63, 3.8) is 0 Å². The third-order valence-electron chi connectivity index (χ3n) is 2.72. The maximum atomic E-state index is 13.8. The molecule has 0 saturated carbocycles. The molecule has 0 amide bonds. The molecule has 1 aromatic carbocycles. The Labute approximate surface area is 123 Å². The van der Waals surface area contributed by atoms with Crippen LogP contribution in [0.4, 0.5) is 4.39 Å². The lowest BCUT2D eigenvalue weighted by atomic mass is 10.0. The van der Waals surface area contributed by atoms with Crippen molar-refractivity contribution < 1.29 is 4.39 Å². The van der Waals surface area contributed by atoms with Gasteiger partial charge in [-0.1, -0.05) is 11.6 Å². The number of halogens is 3. The van der Waals surface area contributed by atoms with Crippen LogP contribution in [0.1, 0.15) is 16.5 Å². The summed E-state index contributed by atoms with van der Waals surface area (Å²) in [6.45, 7) is 0. The molecule has 0 spiro atoms. The van der Waals surface area contributed by atoms with Gasteiger partial charge in [-0.25, -0.2) is 4.39 Å². The maximum absolute atomic E-state index is 13.8. The Morgan fingerprint density at radius 3 is 2.78 bits per heavy atom. The van der Waals surface area contributed by atoms with Crippen LogP contribution in [-0.2, 0) is 6.42 Å². The van der Waals surface area contributed by atoms with Crippen molar-refractivity contribution in [3.05, 3.63) is 55.4 Å². The highest BCUT2D eigenvalue weighted by Crippen LogP contribution is 2.28. The zero-order valence-electron chi connectivity index (χ0n) is 9.71. The average molecular weight is 349 g/mol. The van der Waals surface area contributed by atoms with Crippen LogP contribution < -0.4 is 5.32 Å². The first-order chi connectivity index (χ1) is 8.60. The van der Waals surface area contributed by atoms with Crippen LogP contribution in [0.25, 0.3) is 0 Å². The average Bonchev–Trinajstić information content (AvgIpc) is 2.75. The molecule has 0 aliphatic rings. The fourth-order valence-electron chi connectivity index (χ4n) is 1.81. The molecule has 1 unspecified atom stereocenters. The first-order valence-corrected chi connectivity index (χ1v) is 7.45. The summed E-state index contributed by atoms with van der Waals surface area (Å²) in [5.41, 5.74) is 0.606. The molecule has 1 aromatic heterocycles. The van der Waals surface area contributed by atoms with Gasteiger partial charge < -0.3 is 5.32 Å². The molecule has 5 heteroatoms. The second-order valence-corrected chi connectivity index (χ2v) is 6.90. The molecular formula is C13H12BrClFNS. The Balaban J connectivity index is 2.25. The topological polar surface area (TPSA) is 12.0 Å². The number of rotatable bonds is 4. The standard InChI is InChI=1S/C13H12BrClFNS/c1-17-12(7-9-3-5-13(14)18-9)10-6-8(15)2-4-11(10)16/h2-6,12,17H,7H2,1H3. The van der Waals surface area contributed by atoms with Crippen LogP contribution in [0.3, 0.4) is 0 Å². The zero-order chi connectivity index (χ0) is 13.1. The molecule has 1 N–H and O–H groups in total. The normalized spacial score (nSPS) is 12.7. The summed E-state index contributed by atoms with van der Waals surface area (Å²) in [6, 6.07) is 8.62. The van der Waals surface area contributed by atoms with E-state index in [2.05, 4.69) is 21.2 Å². The van der Waals surface area contributed by atoms with Crippen LogP contribution in [0.5, 0.6) is 0 Å². The van der Waals surface area contributed by atoms with Gasteiger partial charge in [0.1, 0.15) is 5.82 Å². The number of hydrogen-bond donors (Lipinski definition) is 1. The Hall–Kier alpha value is -0.420. The fourth-order valence-corrected chi connectivity index (χ4v) is 3.52. The lowest BCUT2D eigenvalue weighted by molar-refractivity contribution is 0.536. The summed E-state index contributed by atoms with van der Waals surface area (Å²) < 4.78 is 14.9. The molecule has 96 valence electrons. The molecule has 0 bridgehead atoms. The van der Waals surface area contributed by atoms with Gasteiger partial charge in [-0.15, -0.1) is 11.3 Å². The monoisotopic (exact) mass is 347 g/mol. The van der Waals surface area contributed by atoms with Crippen molar-refractivity contribution in [2.75, 3.05) is 7.05 Å². The van der Waals surface area contributed by atoms with Crippen molar-refractivity contribution in [3.8, 4) is 0 Å². The van der Waals surface area contributed by atoms with Crippen molar-refractivity contribution in [2.45, 2.75) is 12.5 Å². The van der Waals surface area contributed by atoms with Crippen molar-refractivity contribution in [1.29, 1.82) is 0 Å². The molecular weight excluding hydrogens is 337 g/mol. The number of benzene rings is 1. The molecule has 0 saturated heterocycles. The van der Waals surface area contributed by atoms with Gasteiger partial charge in [-0.2, -0.15) is 0 Å². The molecule has 0 radical (unpaired) electrons. The van der Waals surface area contributed by atoms with Gasteiger partial charge in [-0.3, -0.25) is 0 Å². The molecule has 2 aromatic rings. The predicted octanol–water partition coefficient (Wildman–Crippen LogP) is 4.81. The Bertz CT molecular complexity index is 544. The lowest BCUT2D eigenvalue weighted by Crippen LogP contribution is -2.19. The van der Waals surface area contributed by atoms with Gasteiger partial charge >= 0.3 is 0 Å². The molecule has 1 atom stereocenters. The van der Waals surface area contributed by atoms with Crippen molar-refractivity contribution >= 4 is 38.9 Å². The third kappa shape index (κ3) is 3.32. The van der Waals surface area contributed by atoms with E-state index in [0.717, 1.165) is 10.2 Å². The zero-order valence-corrected chi connectivity index (χ0v) is 12.9. The number of nitrogens with one attached hydrogen (secondary N) is 1. The van der Waals surface area contributed by atoms with E-state index in [4.69, 9.17) is 11.6 Å². The van der Waals surface area contributed by atoms with Gasteiger partial charge in [0.25, 0.3) is 0 Å². The Kier molecular flexibility index (Phi) is 4.78. The van der Waals surface area contributed by atoms with Crippen molar-refractivity contribution in [2.24, 2.45) is 0 Å². The van der Waals surface area contributed by atoms with Gasteiger partial charge in [0, 0.05) is 27.9 Å².